The van der Waals surface area contributed by atoms with Crippen LogP contribution in [0.2, 0.25) is 0 Å². The van der Waals surface area contributed by atoms with Crippen LogP contribution >= 0.6 is 11.8 Å². The smallest absolute Gasteiger partial charge is 0.332 e. The molecule has 2 aromatic heterocycles. The van der Waals surface area contributed by atoms with Crippen LogP contribution in [0.15, 0.2) is 61.8 Å². The fraction of sp³-hybridized carbons (Fsp3) is 0.515. The van der Waals surface area contributed by atoms with E-state index in [0.717, 1.165) is 35.8 Å². The molecule has 2 fully saturated rings. The van der Waals surface area contributed by atoms with Crippen LogP contribution in [-0.4, -0.2) is 62.4 Å². The molecule has 12 heteroatoms. The summed E-state index contributed by atoms with van der Waals surface area (Å²) < 4.78 is 20.7. The van der Waals surface area contributed by atoms with Crippen LogP contribution in [0.25, 0.3) is 4.91 Å². The van der Waals surface area contributed by atoms with Crippen LogP contribution in [0.5, 0.6) is 5.75 Å². The number of aliphatic carboxylic acids is 1. The Balaban J connectivity index is 1.50. The van der Waals surface area contributed by atoms with Crippen LogP contribution in [0, 0.1) is 0 Å². The van der Waals surface area contributed by atoms with Gasteiger partial charge in [0, 0.05) is 23.6 Å². The second-order valence-corrected chi connectivity index (χ2v) is 13.8. The average Bonchev–Trinajstić information content (AvgIpc) is 3.54. The van der Waals surface area contributed by atoms with E-state index in [1.165, 1.54) is 42.9 Å². The summed E-state index contributed by atoms with van der Waals surface area (Å²) in [6.45, 7) is 4.63. The maximum absolute atomic E-state index is 14.4. The summed E-state index contributed by atoms with van der Waals surface area (Å²) in [6.07, 6.45) is 9.41. The van der Waals surface area contributed by atoms with Crippen LogP contribution < -0.4 is 16.0 Å². The number of allylic oxidation sites excluding steroid dienone is 1. The number of ether oxygens (including phenoxy) is 2. The van der Waals surface area contributed by atoms with E-state index in [-0.39, 0.29) is 12.6 Å². The minimum atomic E-state index is -1.80. The molecule has 1 N–H and O–H groups in total. The van der Waals surface area contributed by atoms with Gasteiger partial charge in [-0.1, -0.05) is 49.4 Å². The molecule has 2 saturated heterocycles. The zero-order chi connectivity index (χ0) is 32.0. The summed E-state index contributed by atoms with van der Waals surface area (Å²) in [5.74, 6) is -0.729. The molecule has 3 aliphatic heterocycles. The molecule has 11 nitrogen and oxygen atoms in total. The number of carboxylic acid groups (broad SMARTS) is 1. The Morgan fingerprint density at radius 3 is 2.56 bits per heavy atom. The number of carbonyl (C=O) groups is 1. The third-order valence-electron chi connectivity index (χ3n) is 9.61. The van der Waals surface area contributed by atoms with Crippen molar-refractivity contribution in [3.05, 3.63) is 80.7 Å². The van der Waals surface area contributed by atoms with Crippen molar-refractivity contribution in [1.82, 2.24) is 19.0 Å². The van der Waals surface area contributed by atoms with E-state index >= 15 is 0 Å². The van der Waals surface area contributed by atoms with Gasteiger partial charge in [0.15, 0.2) is 0 Å². The molecule has 0 amide bonds. The first-order valence-electron chi connectivity index (χ1n) is 15.4. The summed E-state index contributed by atoms with van der Waals surface area (Å²) >= 11 is 1.22. The normalized spacial score (nSPS) is 24.1. The standard InChI is InChI=1S/C33H40N4O7S/c1-19-15-26(28-34-13-14-43-28)45-30-27(19)29(38)37(33(2,3)31(39)40)32(41)36(30)18-25(23-11-6-7-12-24(23)42-5)44-22-16-20-9-8-10-21(17-22)35(20)4/h6-7,11-15,19-22,25H,8-10,16-18H2,1-5H3,(H,39,40). The highest BCUT2D eigenvalue weighted by Gasteiger charge is 2.40. The maximum atomic E-state index is 14.4. The van der Waals surface area contributed by atoms with Crippen molar-refractivity contribution >= 4 is 22.6 Å². The second kappa shape index (κ2) is 12.3. The number of thioether (sulfide) groups is 1. The minimum Gasteiger partial charge on any atom is -0.496 e. The predicted octanol–water partition coefficient (Wildman–Crippen LogP) is 4.85. The van der Waals surface area contributed by atoms with E-state index in [2.05, 4.69) is 16.9 Å². The fourth-order valence-electron chi connectivity index (χ4n) is 7.03. The molecule has 5 heterocycles. The largest absolute Gasteiger partial charge is 0.496 e. The molecule has 1 aromatic carbocycles. The van der Waals surface area contributed by atoms with Gasteiger partial charge in [-0.15, -0.1) is 0 Å². The Bertz CT molecular complexity index is 1710. The summed E-state index contributed by atoms with van der Waals surface area (Å²) in [5.41, 5.74) is -2.02. The van der Waals surface area contributed by atoms with Crippen molar-refractivity contribution < 1.29 is 23.8 Å². The predicted molar refractivity (Wildman–Crippen MR) is 170 cm³/mol. The number of aromatic nitrogens is 3. The van der Waals surface area contributed by atoms with Crippen LogP contribution in [0.1, 0.15) is 81.9 Å². The van der Waals surface area contributed by atoms with E-state index in [1.807, 2.05) is 37.3 Å². The molecule has 0 saturated carbocycles. The van der Waals surface area contributed by atoms with Gasteiger partial charge in [-0.25, -0.2) is 19.1 Å². The van der Waals surface area contributed by atoms with E-state index < -0.39 is 34.8 Å². The monoisotopic (exact) mass is 636 g/mol. The number of nitrogens with zero attached hydrogens (tertiary/aromatic N) is 4. The Morgan fingerprint density at radius 2 is 1.91 bits per heavy atom. The van der Waals surface area contributed by atoms with Gasteiger partial charge < -0.3 is 23.9 Å². The van der Waals surface area contributed by atoms with Crippen molar-refractivity contribution in [1.29, 1.82) is 0 Å². The molecular weight excluding hydrogens is 596 g/mol. The second-order valence-electron chi connectivity index (χ2n) is 12.7. The quantitative estimate of drug-likeness (QED) is 0.326. The Kier molecular flexibility index (Phi) is 8.57. The number of piperidine rings is 2. The molecule has 3 aromatic rings. The van der Waals surface area contributed by atoms with Crippen LogP contribution in [-0.2, 0) is 21.6 Å². The number of para-hydroxylation sites is 1. The number of fused-ring (bicyclic) bond motifs is 3. The highest BCUT2D eigenvalue weighted by atomic mass is 32.2. The third kappa shape index (κ3) is 5.68. The van der Waals surface area contributed by atoms with Gasteiger partial charge >= 0.3 is 11.7 Å². The van der Waals surface area contributed by atoms with E-state index in [1.54, 1.807) is 13.3 Å². The average molecular weight is 637 g/mol. The highest BCUT2D eigenvalue weighted by Crippen LogP contribution is 2.44. The van der Waals surface area contributed by atoms with Crippen LogP contribution in [0.3, 0.4) is 0 Å². The van der Waals surface area contributed by atoms with E-state index in [0.29, 0.717) is 39.2 Å². The van der Waals surface area contributed by atoms with E-state index in [4.69, 9.17) is 13.9 Å². The van der Waals surface area contributed by atoms with Crippen LogP contribution in [0.4, 0.5) is 0 Å². The zero-order valence-corrected chi connectivity index (χ0v) is 27.1. The van der Waals surface area contributed by atoms with Gasteiger partial charge in [-0.2, -0.15) is 0 Å². The summed E-state index contributed by atoms with van der Waals surface area (Å²) in [5, 5.41) is 10.6. The van der Waals surface area contributed by atoms with Gasteiger partial charge in [0.1, 0.15) is 23.7 Å². The number of benzene rings is 1. The van der Waals surface area contributed by atoms with Gasteiger partial charge in [-0.05, 0) is 52.6 Å². The third-order valence-corrected chi connectivity index (χ3v) is 10.8. The zero-order valence-electron chi connectivity index (χ0n) is 26.3. The lowest BCUT2D eigenvalue weighted by molar-refractivity contribution is -0.146. The number of hydrogen-bond acceptors (Lipinski definition) is 9. The van der Waals surface area contributed by atoms with Crippen molar-refractivity contribution in [2.75, 3.05) is 14.2 Å². The first-order valence-corrected chi connectivity index (χ1v) is 16.3. The first-order chi connectivity index (χ1) is 21.5. The van der Waals surface area contributed by atoms with Crippen molar-refractivity contribution in [2.24, 2.45) is 0 Å². The van der Waals surface area contributed by atoms with Gasteiger partial charge in [-0.3, -0.25) is 9.36 Å². The van der Waals surface area contributed by atoms with Gasteiger partial charge in [0.25, 0.3) is 5.56 Å². The Hall–Kier alpha value is -3.61. The number of carboxylic acids is 1. The molecule has 0 spiro atoms. The maximum Gasteiger partial charge on any atom is 0.332 e. The number of rotatable bonds is 9. The molecule has 0 aliphatic carbocycles. The molecule has 240 valence electrons. The molecule has 0 radical (unpaired) electrons. The van der Waals surface area contributed by atoms with Gasteiger partial charge in [0.2, 0.25) is 5.89 Å². The lowest BCUT2D eigenvalue weighted by Crippen LogP contribution is -2.54. The molecule has 3 aliphatic rings. The summed E-state index contributed by atoms with van der Waals surface area (Å²) in [7, 11) is 3.80. The SMILES string of the molecule is COc1ccccc1C(Cn1c2c(c(=O)n(C(C)(C)C(=O)O)c1=O)C(C)C=C(c1ncco1)S2)OC1CC2CCCC(C1)N2C. The molecule has 4 unspecified atom stereocenters. The van der Waals surface area contributed by atoms with Crippen molar-refractivity contribution in [3.63, 3.8) is 0 Å². The summed E-state index contributed by atoms with van der Waals surface area (Å²) in [4.78, 5) is 48.3. The lowest BCUT2D eigenvalue weighted by atomic mass is 9.83. The first kappa shape index (κ1) is 31.4. The van der Waals surface area contributed by atoms with Gasteiger partial charge in [0.05, 0.1) is 41.4 Å². The molecule has 2 bridgehead atoms. The molecule has 6 rings (SSSR count). The number of hydrogen-bond donors (Lipinski definition) is 1. The highest BCUT2D eigenvalue weighted by molar-refractivity contribution is 8.08. The van der Waals surface area contributed by atoms with Crippen molar-refractivity contribution in [3.8, 4) is 5.75 Å². The lowest BCUT2D eigenvalue weighted by Gasteiger charge is -2.47. The van der Waals surface area contributed by atoms with E-state index in [9.17, 15) is 19.5 Å². The fourth-order valence-corrected chi connectivity index (χ4v) is 8.35. The molecule has 4 atom stereocenters. The summed E-state index contributed by atoms with van der Waals surface area (Å²) in [6, 6.07) is 8.45. The minimum absolute atomic E-state index is 0.0395. The number of methoxy groups -OCH3 is 1. The molecule has 45 heavy (non-hydrogen) atoms. The Morgan fingerprint density at radius 1 is 1.20 bits per heavy atom. The van der Waals surface area contributed by atoms with Crippen molar-refractivity contribution in [2.45, 2.75) is 100 Å². The topological polar surface area (TPSA) is 129 Å². The number of oxazole rings is 1. The molecular formula is C33H40N4O7S. The Labute approximate surface area is 265 Å².